The molecule has 0 aliphatic carbocycles. The van der Waals surface area contributed by atoms with E-state index in [1.165, 1.54) is 17.0 Å². The van der Waals surface area contributed by atoms with Gasteiger partial charge in [-0.1, -0.05) is 0 Å². The van der Waals surface area contributed by atoms with Crippen molar-refractivity contribution >= 4 is 33.8 Å². The summed E-state index contributed by atoms with van der Waals surface area (Å²) < 4.78 is 44.9. The summed E-state index contributed by atoms with van der Waals surface area (Å²) in [5.74, 6) is -0.733. The second-order valence-electron chi connectivity index (χ2n) is 3.80. The maximum absolute atomic E-state index is 12.9. The first-order valence-corrected chi connectivity index (χ1v) is 6.15. The summed E-state index contributed by atoms with van der Waals surface area (Å²) in [4.78, 5) is 15.3. The van der Waals surface area contributed by atoms with Gasteiger partial charge in [0.1, 0.15) is 5.57 Å². The van der Waals surface area contributed by atoms with E-state index in [4.69, 9.17) is 4.74 Å². The van der Waals surface area contributed by atoms with Crippen LogP contribution in [0.2, 0.25) is 0 Å². The van der Waals surface area contributed by atoms with Crippen molar-refractivity contribution in [1.82, 2.24) is 0 Å². The minimum atomic E-state index is -4.52. The molecule has 0 saturated heterocycles. The van der Waals surface area contributed by atoms with E-state index in [-0.39, 0.29) is 16.8 Å². The Labute approximate surface area is 115 Å². The van der Waals surface area contributed by atoms with Gasteiger partial charge in [0.05, 0.1) is 11.1 Å². The van der Waals surface area contributed by atoms with Crippen molar-refractivity contribution in [1.29, 1.82) is 0 Å². The predicted octanol–water partition coefficient (Wildman–Crippen LogP) is 2.15. The normalized spacial score (nSPS) is 22.1. The van der Waals surface area contributed by atoms with E-state index in [0.717, 1.165) is 6.08 Å². The molecule has 0 saturated carbocycles. The van der Waals surface area contributed by atoms with Crippen LogP contribution in [0.5, 0.6) is 0 Å². The zero-order valence-electron chi connectivity index (χ0n) is 9.74. The van der Waals surface area contributed by atoms with Gasteiger partial charge in [0.2, 0.25) is 11.9 Å². The first-order valence-electron chi connectivity index (χ1n) is 5.36. The van der Waals surface area contributed by atoms with Gasteiger partial charge in [0.25, 0.3) is 6.17 Å². The number of hydrogen-bond acceptors (Lipinski definition) is 3. The lowest BCUT2D eigenvalue weighted by atomic mass is 10.1. The van der Waals surface area contributed by atoms with Crippen molar-refractivity contribution in [3.8, 4) is 0 Å². The summed E-state index contributed by atoms with van der Waals surface area (Å²) in [7, 11) is 0. The first kappa shape index (κ1) is 14.0. The fourth-order valence-electron chi connectivity index (χ4n) is 1.72. The highest BCUT2D eigenvalue weighted by Crippen LogP contribution is 2.35. The number of rotatable bonds is 2. The number of halogens is 4. The third-order valence-electron chi connectivity index (χ3n) is 2.47. The maximum Gasteiger partial charge on any atom is 0.421 e. The van der Waals surface area contributed by atoms with Gasteiger partial charge in [0.15, 0.2) is 6.20 Å². The minimum absolute atomic E-state index is 0.125. The molecule has 0 fully saturated rings. The SMILES string of the molecule is CCOC(=O)C1=NC2C(C(F)(F)F)=CC(Br)=C[N+]2=C1. The molecule has 102 valence electrons. The second kappa shape index (κ2) is 4.92. The number of nitrogens with zero attached hydrogens (tertiary/aromatic N) is 2. The summed E-state index contributed by atoms with van der Waals surface area (Å²) in [5, 5.41) is 0. The minimum Gasteiger partial charge on any atom is -0.461 e. The molecule has 0 radical (unpaired) electrons. The van der Waals surface area contributed by atoms with Crippen molar-refractivity contribution < 1.29 is 27.3 Å². The Hall–Kier alpha value is -1.44. The number of esters is 1. The summed E-state index contributed by atoms with van der Waals surface area (Å²) in [6, 6.07) is 0. The molecule has 2 aliphatic rings. The fraction of sp³-hybridized carbons (Fsp3) is 0.364. The van der Waals surface area contributed by atoms with Crippen LogP contribution in [0, 0.1) is 0 Å². The molecular formula is C11H9BrF3N2O2+. The second-order valence-corrected chi connectivity index (χ2v) is 4.71. The predicted molar refractivity (Wildman–Crippen MR) is 65.3 cm³/mol. The number of alkyl halides is 3. The van der Waals surface area contributed by atoms with E-state index in [1.54, 1.807) is 6.92 Å². The van der Waals surface area contributed by atoms with Gasteiger partial charge in [-0.05, 0) is 28.9 Å². The van der Waals surface area contributed by atoms with E-state index < -0.39 is 23.9 Å². The quantitative estimate of drug-likeness (QED) is 0.572. The number of ether oxygens (including phenoxy) is 1. The highest BCUT2D eigenvalue weighted by Gasteiger charge is 2.48. The molecule has 0 bridgehead atoms. The molecule has 19 heavy (non-hydrogen) atoms. The molecule has 0 aromatic heterocycles. The van der Waals surface area contributed by atoms with Crippen LogP contribution in [-0.4, -0.2) is 41.4 Å². The monoisotopic (exact) mass is 337 g/mol. The molecule has 0 aromatic carbocycles. The molecule has 0 spiro atoms. The van der Waals surface area contributed by atoms with E-state index in [1.807, 2.05) is 0 Å². The van der Waals surface area contributed by atoms with Gasteiger partial charge in [-0.2, -0.15) is 22.7 Å². The topological polar surface area (TPSA) is 41.7 Å². The van der Waals surface area contributed by atoms with Crippen LogP contribution in [0.25, 0.3) is 0 Å². The van der Waals surface area contributed by atoms with Gasteiger partial charge in [-0.25, -0.2) is 4.79 Å². The summed E-state index contributed by atoms with van der Waals surface area (Å²) >= 11 is 3.00. The van der Waals surface area contributed by atoms with Crippen LogP contribution in [0.4, 0.5) is 13.2 Å². The Morgan fingerprint density at radius 3 is 2.84 bits per heavy atom. The van der Waals surface area contributed by atoms with Gasteiger partial charge >= 0.3 is 12.1 Å². The van der Waals surface area contributed by atoms with Crippen LogP contribution in [0.3, 0.4) is 0 Å². The standard InChI is InChI=1S/C11H9BrF3N2O2/c1-2-19-10(18)8-5-17-4-6(12)3-7(9(17)16-8)11(13,14)15/h3-5,9H,2H2,1H3/q+1. The number of carbonyl (C=O) groups is 1. The molecule has 0 amide bonds. The Morgan fingerprint density at radius 2 is 2.26 bits per heavy atom. The summed E-state index contributed by atoms with van der Waals surface area (Å²) in [6.07, 6.45) is -2.16. The van der Waals surface area contributed by atoms with Crippen molar-refractivity contribution in [2.24, 2.45) is 4.99 Å². The number of allylic oxidation sites excluding steroid dienone is 2. The van der Waals surface area contributed by atoms with Crippen molar-refractivity contribution in [2.45, 2.75) is 19.3 Å². The lowest BCUT2D eigenvalue weighted by Gasteiger charge is -2.16. The molecular weight excluding hydrogens is 329 g/mol. The summed E-state index contributed by atoms with van der Waals surface area (Å²) in [6.45, 7) is 1.75. The number of carbonyl (C=O) groups excluding carboxylic acids is 1. The van der Waals surface area contributed by atoms with Crippen LogP contribution in [0.15, 0.2) is 27.3 Å². The zero-order valence-corrected chi connectivity index (χ0v) is 11.3. The molecule has 2 heterocycles. The van der Waals surface area contributed by atoms with E-state index >= 15 is 0 Å². The van der Waals surface area contributed by atoms with Crippen LogP contribution in [-0.2, 0) is 9.53 Å². The molecule has 1 atom stereocenters. The Kier molecular flexibility index (Phi) is 3.62. The van der Waals surface area contributed by atoms with Gasteiger partial charge < -0.3 is 4.74 Å². The van der Waals surface area contributed by atoms with Gasteiger partial charge in [-0.3, -0.25) is 0 Å². The molecule has 4 nitrogen and oxygen atoms in total. The lowest BCUT2D eigenvalue weighted by Crippen LogP contribution is -2.30. The van der Waals surface area contributed by atoms with Gasteiger partial charge in [0, 0.05) is 0 Å². The zero-order chi connectivity index (χ0) is 14.2. The van der Waals surface area contributed by atoms with E-state index in [9.17, 15) is 18.0 Å². The number of aliphatic imine (C=N–C) groups is 1. The third kappa shape index (κ3) is 2.78. The van der Waals surface area contributed by atoms with Crippen LogP contribution >= 0.6 is 15.9 Å². The molecule has 2 aliphatic heterocycles. The van der Waals surface area contributed by atoms with Gasteiger partial charge in [-0.15, -0.1) is 0 Å². The van der Waals surface area contributed by atoms with Crippen molar-refractivity contribution in [3.05, 3.63) is 22.3 Å². The molecule has 2 rings (SSSR count). The Morgan fingerprint density at radius 1 is 1.58 bits per heavy atom. The molecule has 1 unspecified atom stereocenters. The smallest absolute Gasteiger partial charge is 0.421 e. The van der Waals surface area contributed by atoms with Crippen LogP contribution < -0.4 is 0 Å². The van der Waals surface area contributed by atoms with Crippen molar-refractivity contribution in [3.63, 3.8) is 0 Å². The highest BCUT2D eigenvalue weighted by molar-refractivity contribution is 9.11. The molecule has 0 N–H and O–H groups in total. The maximum atomic E-state index is 12.9. The largest absolute Gasteiger partial charge is 0.461 e. The van der Waals surface area contributed by atoms with Crippen LogP contribution in [0.1, 0.15) is 6.92 Å². The Balaban J connectivity index is 2.37. The first-order chi connectivity index (χ1) is 8.82. The third-order valence-corrected chi connectivity index (χ3v) is 2.90. The number of hydrogen-bond donors (Lipinski definition) is 0. The fourth-order valence-corrected chi connectivity index (χ4v) is 2.21. The van der Waals surface area contributed by atoms with E-state index in [0.29, 0.717) is 0 Å². The van der Waals surface area contributed by atoms with Crippen molar-refractivity contribution in [2.75, 3.05) is 6.61 Å². The number of fused-ring (bicyclic) bond motifs is 1. The average molecular weight is 338 g/mol. The summed E-state index contributed by atoms with van der Waals surface area (Å²) in [5.41, 5.74) is -0.960. The molecule has 0 aromatic rings. The average Bonchev–Trinajstić information content (AvgIpc) is 2.70. The lowest BCUT2D eigenvalue weighted by molar-refractivity contribution is -0.484. The molecule has 8 heteroatoms. The highest BCUT2D eigenvalue weighted by atomic mass is 79.9. The van der Waals surface area contributed by atoms with E-state index in [2.05, 4.69) is 20.9 Å². The Bertz CT molecular complexity index is 547.